The van der Waals surface area contributed by atoms with Gasteiger partial charge in [-0.1, -0.05) is 54.7 Å². The molecule has 16 heavy (non-hydrogen) atoms. The summed E-state index contributed by atoms with van der Waals surface area (Å²) in [5.74, 6) is 0. The summed E-state index contributed by atoms with van der Waals surface area (Å²) >= 11 is 0. The maximum absolute atomic E-state index is 2.27. The third-order valence-electron chi connectivity index (χ3n) is 3.22. The van der Waals surface area contributed by atoms with Crippen LogP contribution >= 0.6 is 0 Å². The lowest BCUT2D eigenvalue weighted by Crippen LogP contribution is -1.82. The summed E-state index contributed by atoms with van der Waals surface area (Å²) in [5, 5.41) is 0. The predicted octanol–water partition coefficient (Wildman–Crippen LogP) is 3.71. The van der Waals surface area contributed by atoms with Gasteiger partial charge in [-0.25, -0.2) is 0 Å². The average Bonchev–Trinajstić information content (AvgIpc) is 3.21. The average molecular weight is 202 g/mol. The highest BCUT2D eigenvalue weighted by Crippen LogP contribution is 2.45. The second kappa shape index (κ2) is 2.73. The van der Waals surface area contributed by atoms with Crippen molar-refractivity contribution in [1.82, 2.24) is 0 Å². The van der Waals surface area contributed by atoms with Gasteiger partial charge in [-0.05, 0) is 39.5 Å². The van der Waals surface area contributed by atoms with Crippen LogP contribution in [0.2, 0.25) is 0 Å². The van der Waals surface area contributed by atoms with Gasteiger partial charge in [0.1, 0.15) is 0 Å². The molecule has 0 fully saturated rings. The quantitative estimate of drug-likeness (QED) is 0.608. The van der Waals surface area contributed by atoms with E-state index in [1.165, 1.54) is 33.4 Å². The molecule has 4 aliphatic carbocycles. The van der Waals surface area contributed by atoms with Gasteiger partial charge < -0.3 is 0 Å². The van der Waals surface area contributed by atoms with Crippen LogP contribution in [0.5, 0.6) is 0 Å². The van der Waals surface area contributed by atoms with Gasteiger partial charge in [0.05, 0.1) is 0 Å². The van der Waals surface area contributed by atoms with E-state index in [1.807, 2.05) is 0 Å². The Balaban J connectivity index is 1.69. The molecule has 0 atom stereocenters. The normalized spacial score (nSPS) is 23.5. The zero-order chi connectivity index (χ0) is 10.5. The summed E-state index contributed by atoms with van der Waals surface area (Å²) in [6.07, 6.45) is 21.7. The van der Waals surface area contributed by atoms with Gasteiger partial charge >= 0.3 is 0 Å². The van der Waals surface area contributed by atoms with E-state index in [4.69, 9.17) is 0 Å². The van der Waals surface area contributed by atoms with Crippen molar-refractivity contribution >= 4 is 0 Å². The first kappa shape index (κ1) is 8.12. The summed E-state index contributed by atoms with van der Waals surface area (Å²) < 4.78 is 0. The molecular formula is C16H10. The molecule has 0 heteroatoms. The maximum Gasteiger partial charge on any atom is -0.00926 e. The monoisotopic (exact) mass is 202 g/mol. The fourth-order valence-electron chi connectivity index (χ4n) is 2.25. The van der Waals surface area contributed by atoms with Gasteiger partial charge in [0.2, 0.25) is 0 Å². The molecule has 0 heterocycles. The van der Waals surface area contributed by atoms with Crippen molar-refractivity contribution < 1.29 is 0 Å². The highest BCUT2D eigenvalue weighted by Gasteiger charge is 2.27. The second-order valence-electron chi connectivity index (χ2n) is 4.29. The lowest BCUT2D eigenvalue weighted by molar-refractivity contribution is 1.54. The van der Waals surface area contributed by atoms with Crippen LogP contribution in [0.15, 0.2) is 94.2 Å². The SMILES string of the molecule is C1=CC(=C2C=C2C2=CC=CC2=C2C=C2)C=C1. The third kappa shape index (κ3) is 1.10. The Kier molecular flexibility index (Phi) is 1.39. The fraction of sp³-hybridized carbons (Fsp3) is 0. The van der Waals surface area contributed by atoms with E-state index in [1.54, 1.807) is 0 Å². The zero-order valence-electron chi connectivity index (χ0n) is 8.77. The van der Waals surface area contributed by atoms with Crippen LogP contribution in [-0.2, 0) is 0 Å². The van der Waals surface area contributed by atoms with Crippen LogP contribution in [0, 0.1) is 0 Å². The van der Waals surface area contributed by atoms with E-state index in [2.05, 4.69) is 60.8 Å². The Hall–Kier alpha value is -2.08. The summed E-state index contributed by atoms with van der Waals surface area (Å²) in [6, 6.07) is 0. The molecule has 0 bridgehead atoms. The number of hydrogen-bond acceptors (Lipinski definition) is 0. The summed E-state index contributed by atoms with van der Waals surface area (Å²) in [5.41, 5.74) is 8.31. The largest absolute Gasteiger partial charge is 0.0616 e. The third-order valence-corrected chi connectivity index (χ3v) is 3.22. The molecular weight excluding hydrogens is 192 g/mol. The minimum Gasteiger partial charge on any atom is -0.0616 e. The Morgan fingerprint density at radius 2 is 1.31 bits per heavy atom. The molecule has 0 amide bonds. The molecule has 0 saturated heterocycles. The van der Waals surface area contributed by atoms with Crippen LogP contribution in [0.1, 0.15) is 0 Å². The molecule has 0 aromatic heterocycles. The van der Waals surface area contributed by atoms with Crippen molar-refractivity contribution in [3.63, 3.8) is 0 Å². The van der Waals surface area contributed by atoms with Crippen LogP contribution in [0.3, 0.4) is 0 Å². The first-order valence-corrected chi connectivity index (χ1v) is 5.56. The van der Waals surface area contributed by atoms with Gasteiger partial charge in [0, 0.05) is 0 Å². The van der Waals surface area contributed by atoms with Crippen molar-refractivity contribution in [3.8, 4) is 0 Å². The fourth-order valence-corrected chi connectivity index (χ4v) is 2.25. The molecule has 0 aromatic rings. The topological polar surface area (TPSA) is 0 Å². The van der Waals surface area contributed by atoms with Crippen molar-refractivity contribution in [2.24, 2.45) is 0 Å². The van der Waals surface area contributed by atoms with Gasteiger partial charge in [-0.15, -0.1) is 0 Å². The van der Waals surface area contributed by atoms with Crippen LogP contribution in [0.25, 0.3) is 0 Å². The predicted molar refractivity (Wildman–Crippen MR) is 66.8 cm³/mol. The highest BCUT2D eigenvalue weighted by atomic mass is 14.3. The van der Waals surface area contributed by atoms with E-state index in [0.717, 1.165) is 0 Å². The molecule has 4 aliphatic rings. The van der Waals surface area contributed by atoms with Gasteiger partial charge in [-0.3, -0.25) is 0 Å². The molecule has 0 radical (unpaired) electrons. The Morgan fingerprint density at radius 1 is 0.562 bits per heavy atom. The van der Waals surface area contributed by atoms with Crippen LogP contribution < -0.4 is 0 Å². The van der Waals surface area contributed by atoms with Crippen LogP contribution in [0.4, 0.5) is 0 Å². The standard InChI is InChI=1S/C16H10/c1-2-5-11(4-1)15-10-16(15)14-7-3-6-13(14)12-8-9-12/h1-10H. The van der Waals surface area contributed by atoms with Gasteiger partial charge in [-0.2, -0.15) is 0 Å². The van der Waals surface area contributed by atoms with E-state index in [-0.39, 0.29) is 0 Å². The minimum atomic E-state index is 1.34. The van der Waals surface area contributed by atoms with Crippen molar-refractivity contribution in [2.45, 2.75) is 0 Å². The number of rotatable bonds is 1. The van der Waals surface area contributed by atoms with E-state index in [0.29, 0.717) is 0 Å². The molecule has 0 saturated carbocycles. The minimum absolute atomic E-state index is 1.34. The smallest absolute Gasteiger partial charge is 0.00926 e. The number of hydrogen-bond donors (Lipinski definition) is 0. The van der Waals surface area contributed by atoms with Gasteiger partial charge in [0.25, 0.3) is 0 Å². The Morgan fingerprint density at radius 3 is 2.06 bits per heavy atom. The Labute approximate surface area is 94.7 Å². The molecule has 0 spiro atoms. The Bertz CT molecular complexity index is 614. The van der Waals surface area contributed by atoms with Gasteiger partial charge in [0.15, 0.2) is 0 Å². The maximum atomic E-state index is 2.27. The summed E-state index contributed by atoms with van der Waals surface area (Å²) in [6.45, 7) is 0. The van der Waals surface area contributed by atoms with E-state index >= 15 is 0 Å². The second-order valence-corrected chi connectivity index (χ2v) is 4.29. The number of allylic oxidation sites excluding steroid dienone is 16. The first-order chi connectivity index (χ1) is 7.93. The molecule has 0 aromatic carbocycles. The first-order valence-electron chi connectivity index (χ1n) is 5.56. The molecule has 74 valence electrons. The molecule has 0 N–H and O–H groups in total. The van der Waals surface area contributed by atoms with Crippen molar-refractivity contribution in [2.75, 3.05) is 0 Å². The summed E-state index contributed by atoms with van der Waals surface area (Å²) in [4.78, 5) is 0. The van der Waals surface area contributed by atoms with E-state index < -0.39 is 0 Å². The molecule has 0 nitrogen and oxygen atoms in total. The molecule has 4 rings (SSSR count). The lowest BCUT2D eigenvalue weighted by Gasteiger charge is -1.99. The van der Waals surface area contributed by atoms with Crippen LogP contribution in [-0.4, -0.2) is 0 Å². The molecule has 0 aliphatic heterocycles. The van der Waals surface area contributed by atoms with Crippen molar-refractivity contribution in [1.29, 1.82) is 0 Å². The zero-order valence-corrected chi connectivity index (χ0v) is 8.77. The lowest BCUT2D eigenvalue weighted by atomic mass is 10.0. The van der Waals surface area contributed by atoms with E-state index in [9.17, 15) is 0 Å². The molecule has 0 unspecified atom stereocenters. The highest BCUT2D eigenvalue weighted by molar-refractivity contribution is 5.81. The summed E-state index contributed by atoms with van der Waals surface area (Å²) in [7, 11) is 0. The van der Waals surface area contributed by atoms with Crippen molar-refractivity contribution in [3.05, 3.63) is 94.2 Å².